The number of nitrogens with one attached hydrogen (secondary N) is 1. The van der Waals surface area contributed by atoms with E-state index < -0.39 is 6.04 Å². The van der Waals surface area contributed by atoms with Crippen molar-refractivity contribution in [2.45, 2.75) is 19.4 Å². The van der Waals surface area contributed by atoms with Gasteiger partial charge in [0, 0.05) is 0 Å². The number of methoxy groups -OCH3 is 1. The number of amides is 3. The monoisotopic (exact) mass is 366 g/mol. The summed E-state index contributed by atoms with van der Waals surface area (Å²) in [5.74, 6) is 0.655. The van der Waals surface area contributed by atoms with Crippen LogP contribution in [0.15, 0.2) is 36.4 Å². The smallest absolute Gasteiger partial charge is 0.247 e. The van der Waals surface area contributed by atoms with Crippen molar-refractivity contribution in [3.63, 3.8) is 0 Å². The van der Waals surface area contributed by atoms with E-state index in [1.54, 1.807) is 25.1 Å². The van der Waals surface area contributed by atoms with Crippen molar-refractivity contribution in [2.24, 2.45) is 35.5 Å². The molecule has 140 valence electrons. The number of carbonyl (C=O) groups is 3. The predicted molar refractivity (Wildman–Crippen MR) is 97.6 cm³/mol. The molecule has 7 atom stereocenters. The van der Waals surface area contributed by atoms with Crippen molar-refractivity contribution >= 4 is 23.4 Å². The van der Waals surface area contributed by atoms with E-state index in [1.165, 1.54) is 12.0 Å². The molecule has 0 radical (unpaired) electrons. The Kier molecular flexibility index (Phi) is 3.48. The first-order valence-electron chi connectivity index (χ1n) is 9.52. The third-order valence-electron chi connectivity index (χ3n) is 6.83. The van der Waals surface area contributed by atoms with E-state index >= 15 is 0 Å². The van der Waals surface area contributed by atoms with Gasteiger partial charge >= 0.3 is 0 Å². The molecule has 3 amide bonds. The molecule has 3 fully saturated rings. The molecule has 2 bridgehead atoms. The number of rotatable bonds is 4. The number of allylic oxidation sites excluding steroid dienone is 2. The van der Waals surface area contributed by atoms with Crippen LogP contribution in [0.4, 0.5) is 5.69 Å². The molecule has 6 heteroatoms. The molecular weight excluding hydrogens is 344 g/mol. The number of anilines is 1. The van der Waals surface area contributed by atoms with Crippen molar-refractivity contribution in [1.82, 2.24) is 4.90 Å². The summed E-state index contributed by atoms with van der Waals surface area (Å²) in [6.07, 6.45) is 5.39. The van der Waals surface area contributed by atoms with Gasteiger partial charge in [0.25, 0.3) is 0 Å². The summed E-state index contributed by atoms with van der Waals surface area (Å²) < 4.78 is 5.25. The highest BCUT2D eigenvalue weighted by Gasteiger charge is 2.67. The average molecular weight is 366 g/mol. The number of hydrogen-bond donors (Lipinski definition) is 1. The lowest BCUT2D eigenvalue weighted by Crippen LogP contribution is -2.46. The van der Waals surface area contributed by atoms with E-state index in [-0.39, 0.29) is 41.4 Å². The zero-order valence-electron chi connectivity index (χ0n) is 15.3. The van der Waals surface area contributed by atoms with Crippen molar-refractivity contribution in [2.75, 3.05) is 12.4 Å². The van der Waals surface area contributed by atoms with Crippen molar-refractivity contribution in [3.8, 4) is 5.75 Å². The largest absolute Gasteiger partial charge is 0.495 e. The Balaban J connectivity index is 1.38. The number of ether oxygens (including phenoxy) is 1. The van der Waals surface area contributed by atoms with E-state index in [4.69, 9.17) is 4.74 Å². The van der Waals surface area contributed by atoms with Gasteiger partial charge in [-0.05, 0) is 49.1 Å². The summed E-state index contributed by atoms with van der Waals surface area (Å²) in [4.78, 5) is 40.2. The highest BCUT2D eigenvalue weighted by Crippen LogP contribution is 2.65. The van der Waals surface area contributed by atoms with Crippen LogP contribution in [0.2, 0.25) is 0 Å². The van der Waals surface area contributed by atoms with Crippen LogP contribution >= 0.6 is 0 Å². The van der Waals surface area contributed by atoms with E-state index in [9.17, 15) is 14.4 Å². The lowest BCUT2D eigenvalue weighted by atomic mass is 9.63. The van der Waals surface area contributed by atoms with E-state index in [0.717, 1.165) is 6.42 Å². The van der Waals surface area contributed by atoms with Crippen molar-refractivity contribution in [1.29, 1.82) is 0 Å². The van der Waals surface area contributed by atoms with Crippen LogP contribution in [0.5, 0.6) is 5.75 Å². The summed E-state index contributed by atoms with van der Waals surface area (Å²) in [6, 6.07) is 6.23. The van der Waals surface area contributed by atoms with Crippen molar-refractivity contribution in [3.05, 3.63) is 36.4 Å². The van der Waals surface area contributed by atoms with E-state index in [0.29, 0.717) is 23.3 Å². The minimum atomic E-state index is -0.851. The third kappa shape index (κ3) is 2.22. The van der Waals surface area contributed by atoms with Crippen molar-refractivity contribution < 1.29 is 19.1 Å². The molecule has 4 aliphatic carbocycles. The molecule has 1 aromatic rings. The van der Waals surface area contributed by atoms with Crippen LogP contribution in [-0.2, 0) is 14.4 Å². The maximum Gasteiger partial charge on any atom is 0.247 e. The van der Waals surface area contributed by atoms with Gasteiger partial charge in [-0.1, -0.05) is 24.3 Å². The van der Waals surface area contributed by atoms with E-state index in [1.807, 2.05) is 6.07 Å². The SMILES string of the molecule is COc1ccccc1NC(=O)[C@@H](C)N1C(=O)[C@H]2[C@@H]3C=C[C@H]([C@H]4C[C@H]34)[C@@H]2C1=O. The van der Waals surface area contributed by atoms with Gasteiger partial charge in [-0.2, -0.15) is 0 Å². The molecule has 1 aromatic carbocycles. The fraction of sp³-hybridized carbons (Fsp3) is 0.476. The Morgan fingerprint density at radius 1 is 1.11 bits per heavy atom. The Bertz CT molecular complexity index is 843. The van der Waals surface area contributed by atoms with Crippen LogP contribution in [0, 0.1) is 35.5 Å². The minimum absolute atomic E-state index is 0.163. The number of nitrogens with zero attached hydrogens (tertiary/aromatic N) is 1. The maximum atomic E-state index is 13.1. The second-order valence-corrected chi connectivity index (χ2v) is 8.07. The minimum Gasteiger partial charge on any atom is -0.495 e. The lowest BCUT2D eigenvalue weighted by molar-refractivity contribution is -0.146. The summed E-state index contributed by atoms with van der Waals surface area (Å²) >= 11 is 0. The van der Waals surface area contributed by atoms with Gasteiger partial charge in [0.1, 0.15) is 11.8 Å². The first-order valence-corrected chi connectivity index (χ1v) is 9.52. The summed E-state index contributed by atoms with van der Waals surface area (Å²) in [7, 11) is 1.53. The first kappa shape index (κ1) is 16.5. The zero-order valence-corrected chi connectivity index (χ0v) is 15.3. The molecule has 0 aromatic heterocycles. The first-order chi connectivity index (χ1) is 13.0. The predicted octanol–water partition coefficient (Wildman–Crippen LogP) is 2.08. The molecule has 6 rings (SSSR count). The maximum absolute atomic E-state index is 13.1. The van der Waals surface area contributed by atoms with Crippen LogP contribution in [0.1, 0.15) is 13.3 Å². The van der Waals surface area contributed by atoms with Gasteiger partial charge in [-0.3, -0.25) is 19.3 Å². The molecule has 1 saturated heterocycles. The van der Waals surface area contributed by atoms with Crippen LogP contribution < -0.4 is 10.1 Å². The van der Waals surface area contributed by atoms with Crippen LogP contribution in [0.25, 0.3) is 0 Å². The van der Waals surface area contributed by atoms with Gasteiger partial charge in [0.05, 0.1) is 24.6 Å². The highest BCUT2D eigenvalue weighted by molar-refractivity contribution is 6.10. The molecule has 6 nitrogen and oxygen atoms in total. The molecule has 27 heavy (non-hydrogen) atoms. The number of para-hydroxylation sites is 2. The second-order valence-electron chi connectivity index (χ2n) is 8.07. The molecule has 0 unspecified atom stereocenters. The molecule has 1 aliphatic heterocycles. The topological polar surface area (TPSA) is 75.7 Å². The van der Waals surface area contributed by atoms with Gasteiger partial charge in [0.2, 0.25) is 17.7 Å². The molecule has 2 saturated carbocycles. The molecular formula is C21H22N2O4. The number of benzene rings is 1. The summed E-state index contributed by atoms with van der Waals surface area (Å²) in [5, 5.41) is 2.79. The molecule has 1 N–H and O–H groups in total. The number of likely N-dealkylation sites (tertiary alicyclic amines) is 1. The van der Waals surface area contributed by atoms with Gasteiger partial charge in [-0.15, -0.1) is 0 Å². The fourth-order valence-electron chi connectivity index (χ4n) is 5.46. The molecule has 0 spiro atoms. The normalized spacial score (nSPS) is 36.3. The quantitative estimate of drug-likeness (QED) is 0.654. The summed E-state index contributed by atoms with van der Waals surface area (Å²) in [5.41, 5.74) is 0.524. The Labute approximate surface area is 157 Å². The van der Waals surface area contributed by atoms with Crippen LogP contribution in [-0.4, -0.2) is 35.8 Å². The number of imide groups is 1. The second kappa shape index (κ2) is 5.68. The third-order valence-corrected chi connectivity index (χ3v) is 6.83. The van der Waals surface area contributed by atoms with E-state index in [2.05, 4.69) is 17.5 Å². The molecule has 5 aliphatic rings. The number of hydrogen-bond acceptors (Lipinski definition) is 4. The lowest BCUT2D eigenvalue weighted by Gasteiger charge is -2.37. The van der Waals surface area contributed by atoms with Crippen LogP contribution in [0.3, 0.4) is 0 Å². The number of carbonyl (C=O) groups excluding carboxylic acids is 3. The highest BCUT2D eigenvalue weighted by atomic mass is 16.5. The Hall–Kier alpha value is -2.63. The van der Waals surface area contributed by atoms with Gasteiger partial charge in [-0.25, -0.2) is 0 Å². The van der Waals surface area contributed by atoms with Gasteiger partial charge < -0.3 is 10.1 Å². The standard InChI is InChI=1S/C21H22N2O4/c1-10(19(24)22-15-5-3-4-6-16(15)27-2)23-20(25)17-11-7-8-12(14-9-13(11)14)18(17)21(23)26/h3-8,10-14,17-18H,9H2,1-2H3,(H,22,24)/t10-,11-,12-,13-,14-,17+,18+/m1/s1. The zero-order chi connectivity index (χ0) is 18.9. The summed E-state index contributed by atoms with van der Waals surface area (Å²) in [6.45, 7) is 1.62. The fourth-order valence-corrected chi connectivity index (χ4v) is 5.46. The Morgan fingerprint density at radius 2 is 1.70 bits per heavy atom. The average Bonchev–Trinajstić information content (AvgIpc) is 3.45. The molecule has 1 heterocycles. The Morgan fingerprint density at radius 3 is 2.30 bits per heavy atom. The van der Waals surface area contributed by atoms with Gasteiger partial charge in [0.15, 0.2) is 0 Å².